The van der Waals surface area contributed by atoms with Crippen LogP contribution in [-0.4, -0.2) is 53.7 Å². The number of hydrogen-bond acceptors (Lipinski definition) is 5. The summed E-state index contributed by atoms with van der Waals surface area (Å²) in [6, 6.07) is 17.8. The Bertz CT molecular complexity index is 1100. The second-order valence-electron chi connectivity index (χ2n) is 8.54. The molecular weight excluding hydrogens is 426 g/mol. The maximum atomic E-state index is 12.9. The molecule has 1 fully saturated rings. The van der Waals surface area contributed by atoms with E-state index in [0.29, 0.717) is 19.7 Å². The van der Waals surface area contributed by atoms with Crippen molar-refractivity contribution < 1.29 is 9.53 Å². The van der Waals surface area contributed by atoms with Gasteiger partial charge in [-0.15, -0.1) is 0 Å². The van der Waals surface area contributed by atoms with E-state index in [1.807, 2.05) is 49.1 Å². The van der Waals surface area contributed by atoms with Crippen molar-refractivity contribution in [2.24, 2.45) is 0 Å². The summed E-state index contributed by atoms with van der Waals surface area (Å²) < 4.78 is 5.48. The normalized spacial score (nSPS) is 14.0. The summed E-state index contributed by atoms with van der Waals surface area (Å²) in [5, 5.41) is 3.01. The Kier molecular flexibility index (Phi) is 7.62. The van der Waals surface area contributed by atoms with Crippen molar-refractivity contribution in [3.05, 3.63) is 77.2 Å². The predicted molar refractivity (Wildman–Crippen MR) is 136 cm³/mol. The van der Waals surface area contributed by atoms with Gasteiger partial charge < -0.3 is 19.9 Å². The van der Waals surface area contributed by atoms with Crippen LogP contribution in [0.3, 0.4) is 0 Å². The lowest BCUT2D eigenvalue weighted by Gasteiger charge is -2.26. The van der Waals surface area contributed by atoms with Crippen molar-refractivity contribution >= 4 is 17.5 Å². The molecule has 7 nitrogen and oxygen atoms in total. The molecule has 0 atom stereocenters. The van der Waals surface area contributed by atoms with E-state index in [9.17, 15) is 4.79 Å². The summed E-state index contributed by atoms with van der Waals surface area (Å²) in [7, 11) is 0. The number of nitrogens with one attached hydrogen (secondary N) is 1. The van der Waals surface area contributed by atoms with Gasteiger partial charge in [0.2, 0.25) is 0 Å². The standard InChI is InChI=1S/C27H33N5O2/c1-4-34-24-13-11-23(12-14-24)30-27(33)32-16-8-15-31(17-18-32)26-25(20(2)28-21(3)29-26)19-22-9-6-5-7-10-22/h5-7,9-14H,4,8,15-19H2,1-3H3,(H,30,33). The molecule has 1 N–H and O–H groups in total. The number of anilines is 2. The molecule has 2 amide bonds. The number of urea groups is 1. The Morgan fingerprint density at radius 1 is 0.971 bits per heavy atom. The number of carbonyl (C=O) groups excluding carboxylic acids is 1. The molecule has 0 bridgehead atoms. The van der Waals surface area contributed by atoms with E-state index in [0.717, 1.165) is 60.3 Å². The fourth-order valence-corrected chi connectivity index (χ4v) is 4.32. The molecule has 1 saturated heterocycles. The fourth-order valence-electron chi connectivity index (χ4n) is 4.32. The van der Waals surface area contributed by atoms with Gasteiger partial charge in [-0.25, -0.2) is 14.8 Å². The molecule has 0 saturated carbocycles. The molecule has 1 aliphatic heterocycles. The zero-order valence-electron chi connectivity index (χ0n) is 20.3. The van der Waals surface area contributed by atoms with Crippen molar-refractivity contribution in [3.63, 3.8) is 0 Å². The number of benzene rings is 2. The Morgan fingerprint density at radius 2 is 1.74 bits per heavy atom. The first-order chi connectivity index (χ1) is 16.5. The first kappa shape index (κ1) is 23.5. The number of aryl methyl sites for hydroxylation is 2. The minimum atomic E-state index is -0.0782. The van der Waals surface area contributed by atoms with E-state index in [-0.39, 0.29) is 6.03 Å². The van der Waals surface area contributed by atoms with Gasteiger partial charge in [0, 0.05) is 49.5 Å². The molecule has 1 aliphatic rings. The summed E-state index contributed by atoms with van der Waals surface area (Å²) in [5.41, 5.74) is 4.18. The maximum absolute atomic E-state index is 12.9. The number of carbonyl (C=O) groups is 1. The average molecular weight is 460 g/mol. The van der Waals surface area contributed by atoms with Crippen LogP contribution in [0.5, 0.6) is 5.75 Å². The van der Waals surface area contributed by atoms with Gasteiger partial charge in [-0.1, -0.05) is 30.3 Å². The van der Waals surface area contributed by atoms with Crippen molar-refractivity contribution in [1.82, 2.24) is 14.9 Å². The number of hydrogen-bond donors (Lipinski definition) is 1. The number of rotatable bonds is 6. The van der Waals surface area contributed by atoms with Crippen LogP contribution in [0.25, 0.3) is 0 Å². The molecule has 2 aromatic carbocycles. The topological polar surface area (TPSA) is 70.6 Å². The van der Waals surface area contributed by atoms with E-state index in [2.05, 4.69) is 46.4 Å². The number of ether oxygens (including phenoxy) is 1. The van der Waals surface area contributed by atoms with Crippen molar-refractivity contribution in [3.8, 4) is 5.75 Å². The highest BCUT2D eigenvalue weighted by Gasteiger charge is 2.23. The van der Waals surface area contributed by atoms with E-state index in [1.54, 1.807) is 0 Å². The smallest absolute Gasteiger partial charge is 0.321 e. The molecule has 0 radical (unpaired) electrons. The minimum absolute atomic E-state index is 0.0782. The summed E-state index contributed by atoms with van der Waals surface area (Å²) in [4.78, 5) is 26.6. The minimum Gasteiger partial charge on any atom is -0.494 e. The van der Waals surface area contributed by atoms with Crippen LogP contribution in [0.1, 0.15) is 36.0 Å². The van der Waals surface area contributed by atoms with Crippen LogP contribution in [0.4, 0.5) is 16.3 Å². The Morgan fingerprint density at radius 3 is 2.47 bits per heavy atom. The fraction of sp³-hybridized carbons (Fsp3) is 0.370. The highest BCUT2D eigenvalue weighted by atomic mass is 16.5. The quantitative estimate of drug-likeness (QED) is 0.572. The Hall–Kier alpha value is -3.61. The SMILES string of the molecule is CCOc1ccc(NC(=O)N2CCCN(c3nc(C)nc(C)c3Cc3ccccc3)CC2)cc1. The van der Waals surface area contributed by atoms with Gasteiger partial charge in [-0.3, -0.25) is 0 Å². The highest BCUT2D eigenvalue weighted by Crippen LogP contribution is 2.25. The monoisotopic (exact) mass is 459 g/mol. The van der Waals surface area contributed by atoms with Gasteiger partial charge in [0.25, 0.3) is 0 Å². The van der Waals surface area contributed by atoms with Crippen LogP contribution < -0.4 is 15.0 Å². The number of nitrogens with zero attached hydrogens (tertiary/aromatic N) is 4. The molecule has 2 heterocycles. The van der Waals surface area contributed by atoms with Crippen LogP contribution in [-0.2, 0) is 6.42 Å². The molecule has 0 aliphatic carbocycles. The molecule has 34 heavy (non-hydrogen) atoms. The second-order valence-corrected chi connectivity index (χ2v) is 8.54. The number of aromatic nitrogens is 2. The van der Waals surface area contributed by atoms with Gasteiger partial charge in [0.15, 0.2) is 0 Å². The van der Waals surface area contributed by atoms with E-state index in [4.69, 9.17) is 9.72 Å². The Labute approximate surface area is 201 Å². The third kappa shape index (κ3) is 5.84. The average Bonchev–Trinajstić information content (AvgIpc) is 3.09. The molecule has 3 aromatic rings. The molecule has 4 rings (SSSR count). The Balaban J connectivity index is 1.45. The second kappa shape index (κ2) is 11.0. The molecule has 0 unspecified atom stereocenters. The summed E-state index contributed by atoms with van der Waals surface area (Å²) >= 11 is 0. The summed E-state index contributed by atoms with van der Waals surface area (Å²) in [6.45, 7) is 9.49. The van der Waals surface area contributed by atoms with Crippen LogP contribution in [0.15, 0.2) is 54.6 Å². The zero-order valence-corrected chi connectivity index (χ0v) is 20.3. The van der Waals surface area contributed by atoms with E-state index < -0.39 is 0 Å². The molecular formula is C27H33N5O2. The van der Waals surface area contributed by atoms with Gasteiger partial charge in [-0.05, 0) is 57.0 Å². The van der Waals surface area contributed by atoms with Crippen LogP contribution in [0.2, 0.25) is 0 Å². The van der Waals surface area contributed by atoms with Gasteiger partial charge in [0.1, 0.15) is 17.4 Å². The van der Waals surface area contributed by atoms with Crippen LogP contribution >= 0.6 is 0 Å². The zero-order chi connectivity index (χ0) is 23.9. The maximum Gasteiger partial charge on any atom is 0.321 e. The molecule has 0 spiro atoms. The van der Waals surface area contributed by atoms with Crippen LogP contribution in [0, 0.1) is 13.8 Å². The first-order valence-electron chi connectivity index (χ1n) is 11.9. The van der Waals surface area contributed by atoms with Gasteiger partial charge in [-0.2, -0.15) is 0 Å². The lowest BCUT2D eigenvalue weighted by atomic mass is 10.0. The largest absolute Gasteiger partial charge is 0.494 e. The third-order valence-corrected chi connectivity index (χ3v) is 6.03. The van der Waals surface area contributed by atoms with Crippen molar-refractivity contribution in [2.45, 2.75) is 33.6 Å². The highest BCUT2D eigenvalue weighted by molar-refractivity contribution is 5.89. The lowest BCUT2D eigenvalue weighted by Crippen LogP contribution is -2.38. The molecule has 7 heteroatoms. The molecule has 178 valence electrons. The van der Waals surface area contributed by atoms with Crippen molar-refractivity contribution in [1.29, 1.82) is 0 Å². The third-order valence-electron chi connectivity index (χ3n) is 6.03. The summed E-state index contributed by atoms with van der Waals surface area (Å²) in [6.07, 6.45) is 1.67. The predicted octanol–water partition coefficient (Wildman–Crippen LogP) is 4.83. The lowest BCUT2D eigenvalue weighted by molar-refractivity contribution is 0.215. The van der Waals surface area contributed by atoms with Crippen molar-refractivity contribution in [2.75, 3.05) is 43.0 Å². The number of amides is 2. The molecule has 1 aromatic heterocycles. The van der Waals surface area contributed by atoms with Gasteiger partial charge in [0.05, 0.1) is 6.61 Å². The van der Waals surface area contributed by atoms with E-state index in [1.165, 1.54) is 5.56 Å². The van der Waals surface area contributed by atoms with Gasteiger partial charge >= 0.3 is 6.03 Å². The van der Waals surface area contributed by atoms with E-state index >= 15 is 0 Å². The summed E-state index contributed by atoms with van der Waals surface area (Å²) in [5.74, 6) is 2.56. The first-order valence-corrected chi connectivity index (χ1v) is 11.9.